The third kappa shape index (κ3) is 3.29. The Morgan fingerprint density at radius 2 is 1.90 bits per heavy atom. The van der Waals surface area contributed by atoms with Gasteiger partial charge in [0, 0.05) is 9.50 Å². The minimum atomic E-state index is -0.00789. The summed E-state index contributed by atoms with van der Waals surface area (Å²) in [6, 6.07) is 11.5. The van der Waals surface area contributed by atoms with E-state index >= 15 is 0 Å². The highest BCUT2D eigenvalue weighted by Gasteiger charge is 2.16. The van der Waals surface area contributed by atoms with Crippen LogP contribution in [0.5, 0.6) is 5.75 Å². The molecule has 2 aromatic carbocycles. The van der Waals surface area contributed by atoms with E-state index in [9.17, 15) is 0 Å². The van der Waals surface area contributed by atoms with Gasteiger partial charge >= 0.3 is 0 Å². The van der Waals surface area contributed by atoms with E-state index in [1.807, 2.05) is 43.4 Å². The van der Waals surface area contributed by atoms with E-state index < -0.39 is 0 Å². The zero-order valence-electron chi connectivity index (χ0n) is 11.1. The van der Waals surface area contributed by atoms with Crippen molar-refractivity contribution in [1.29, 1.82) is 0 Å². The summed E-state index contributed by atoms with van der Waals surface area (Å²) in [4.78, 5) is 0. The molecule has 0 radical (unpaired) electrons. The number of nitrogens with one attached hydrogen (secondary N) is 1. The number of ether oxygens (including phenoxy) is 1. The van der Waals surface area contributed by atoms with Gasteiger partial charge < -0.3 is 10.1 Å². The van der Waals surface area contributed by atoms with E-state index in [1.165, 1.54) is 0 Å². The van der Waals surface area contributed by atoms with Gasteiger partial charge in [0.25, 0.3) is 0 Å². The van der Waals surface area contributed by atoms with E-state index in [4.69, 9.17) is 27.9 Å². The Balaban J connectivity index is 2.46. The molecular formula is C15H14BrCl2NO. The van der Waals surface area contributed by atoms with Gasteiger partial charge in [-0.25, -0.2) is 0 Å². The fraction of sp³-hybridized carbons (Fsp3) is 0.200. The van der Waals surface area contributed by atoms with Crippen LogP contribution in [0.4, 0.5) is 0 Å². The van der Waals surface area contributed by atoms with E-state index in [0.717, 1.165) is 15.6 Å². The minimum Gasteiger partial charge on any atom is -0.495 e. The number of hydrogen-bond donors (Lipinski definition) is 1. The first-order chi connectivity index (χ1) is 9.56. The largest absolute Gasteiger partial charge is 0.495 e. The van der Waals surface area contributed by atoms with Gasteiger partial charge in [0.2, 0.25) is 0 Å². The average molecular weight is 375 g/mol. The predicted octanol–water partition coefficient (Wildman–Crippen LogP) is 5.07. The molecule has 5 heteroatoms. The van der Waals surface area contributed by atoms with Crippen LogP contribution in [0.2, 0.25) is 10.0 Å². The Kier molecular flexibility index (Phi) is 5.33. The lowest BCUT2D eigenvalue weighted by Gasteiger charge is -2.20. The standard InChI is InChI=1S/C15H14BrCl2NO/c1-19-15(11-8-10(17)4-5-12(11)16)9-3-6-14(20-2)13(18)7-9/h3-8,15,19H,1-2H3. The van der Waals surface area contributed by atoms with Crippen molar-refractivity contribution in [2.75, 3.05) is 14.2 Å². The highest BCUT2D eigenvalue weighted by molar-refractivity contribution is 9.10. The molecule has 2 nitrogen and oxygen atoms in total. The van der Waals surface area contributed by atoms with E-state index in [1.54, 1.807) is 7.11 Å². The molecular weight excluding hydrogens is 361 g/mol. The van der Waals surface area contributed by atoms with Crippen molar-refractivity contribution < 1.29 is 4.74 Å². The maximum atomic E-state index is 6.20. The average Bonchev–Trinajstić information content (AvgIpc) is 2.44. The Hall–Kier alpha value is -0.740. The summed E-state index contributed by atoms with van der Waals surface area (Å²) in [5, 5.41) is 4.56. The summed E-state index contributed by atoms with van der Waals surface area (Å²) in [6.45, 7) is 0. The zero-order chi connectivity index (χ0) is 14.7. The quantitative estimate of drug-likeness (QED) is 0.806. The molecule has 2 aromatic rings. The van der Waals surface area contributed by atoms with Crippen LogP contribution in [0.15, 0.2) is 40.9 Å². The van der Waals surface area contributed by atoms with Gasteiger partial charge in [0.15, 0.2) is 0 Å². The summed E-state index contributed by atoms with van der Waals surface area (Å²) in [7, 11) is 3.50. The van der Waals surface area contributed by atoms with Gasteiger partial charge in [0.1, 0.15) is 5.75 Å². The van der Waals surface area contributed by atoms with E-state index in [0.29, 0.717) is 15.8 Å². The SMILES string of the molecule is CNC(c1ccc(OC)c(Cl)c1)c1cc(Cl)ccc1Br. The van der Waals surface area contributed by atoms with Crippen molar-refractivity contribution in [3.05, 3.63) is 62.0 Å². The molecule has 1 N–H and O–H groups in total. The van der Waals surface area contributed by atoms with Gasteiger partial charge in [-0.1, -0.05) is 45.2 Å². The maximum Gasteiger partial charge on any atom is 0.137 e. The van der Waals surface area contributed by atoms with E-state index in [2.05, 4.69) is 21.2 Å². The summed E-state index contributed by atoms with van der Waals surface area (Å²) in [5.74, 6) is 0.662. The van der Waals surface area contributed by atoms with Gasteiger partial charge in [-0.15, -0.1) is 0 Å². The Labute approximate surface area is 137 Å². The smallest absolute Gasteiger partial charge is 0.137 e. The topological polar surface area (TPSA) is 21.3 Å². The lowest BCUT2D eigenvalue weighted by molar-refractivity contribution is 0.414. The van der Waals surface area contributed by atoms with Crippen molar-refractivity contribution in [3.63, 3.8) is 0 Å². The molecule has 0 aliphatic heterocycles. The molecule has 0 amide bonds. The van der Waals surface area contributed by atoms with Crippen LogP contribution in [-0.2, 0) is 0 Å². The summed E-state index contributed by atoms with van der Waals surface area (Å²) < 4.78 is 6.17. The first kappa shape index (κ1) is 15.6. The van der Waals surface area contributed by atoms with Crippen LogP contribution in [0.3, 0.4) is 0 Å². The Bertz CT molecular complexity index is 619. The molecule has 0 aliphatic carbocycles. The third-order valence-electron chi connectivity index (χ3n) is 3.07. The number of rotatable bonds is 4. The second-order valence-electron chi connectivity index (χ2n) is 4.28. The lowest BCUT2D eigenvalue weighted by atomic mass is 9.99. The fourth-order valence-corrected chi connectivity index (χ4v) is 3.02. The van der Waals surface area contributed by atoms with Gasteiger partial charge in [-0.05, 0) is 48.5 Å². The fourth-order valence-electron chi connectivity index (χ4n) is 2.10. The molecule has 2 rings (SSSR count). The van der Waals surface area contributed by atoms with Crippen LogP contribution in [0.25, 0.3) is 0 Å². The monoisotopic (exact) mass is 373 g/mol. The van der Waals surface area contributed by atoms with Gasteiger partial charge in [-0.3, -0.25) is 0 Å². The second kappa shape index (κ2) is 6.81. The first-order valence-electron chi connectivity index (χ1n) is 6.02. The Morgan fingerprint density at radius 3 is 2.50 bits per heavy atom. The van der Waals surface area contributed by atoms with Crippen molar-refractivity contribution in [2.24, 2.45) is 0 Å². The summed E-state index contributed by atoms with van der Waals surface area (Å²) in [5.41, 5.74) is 2.10. The highest BCUT2D eigenvalue weighted by atomic mass is 79.9. The molecule has 0 heterocycles. The molecule has 0 saturated carbocycles. The molecule has 0 bridgehead atoms. The van der Waals surface area contributed by atoms with Crippen LogP contribution in [0.1, 0.15) is 17.2 Å². The first-order valence-corrected chi connectivity index (χ1v) is 7.57. The zero-order valence-corrected chi connectivity index (χ0v) is 14.2. The molecule has 20 heavy (non-hydrogen) atoms. The van der Waals surface area contributed by atoms with Crippen molar-refractivity contribution in [1.82, 2.24) is 5.32 Å². The molecule has 1 unspecified atom stereocenters. The number of halogens is 3. The van der Waals surface area contributed by atoms with Crippen molar-refractivity contribution in [3.8, 4) is 5.75 Å². The van der Waals surface area contributed by atoms with Crippen LogP contribution >= 0.6 is 39.1 Å². The van der Waals surface area contributed by atoms with Gasteiger partial charge in [0.05, 0.1) is 18.2 Å². The van der Waals surface area contributed by atoms with E-state index in [-0.39, 0.29) is 6.04 Å². The lowest BCUT2D eigenvalue weighted by Crippen LogP contribution is -2.18. The number of methoxy groups -OCH3 is 1. The normalized spacial score (nSPS) is 12.2. The molecule has 0 spiro atoms. The molecule has 1 atom stereocenters. The van der Waals surface area contributed by atoms with Crippen molar-refractivity contribution >= 4 is 39.1 Å². The molecule has 0 aromatic heterocycles. The van der Waals surface area contributed by atoms with Crippen LogP contribution in [-0.4, -0.2) is 14.2 Å². The molecule has 106 valence electrons. The molecule has 0 fully saturated rings. The molecule has 0 aliphatic rings. The number of benzene rings is 2. The third-order valence-corrected chi connectivity index (χ3v) is 4.32. The highest BCUT2D eigenvalue weighted by Crippen LogP contribution is 2.34. The van der Waals surface area contributed by atoms with Crippen LogP contribution < -0.4 is 10.1 Å². The Morgan fingerprint density at radius 1 is 1.15 bits per heavy atom. The van der Waals surface area contributed by atoms with Gasteiger partial charge in [-0.2, -0.15) is 0 Å². The second-order valence-corrected chi connectivity index (χ2v) is 5.98. The summed E-state index contributed by atoms with van der Waals surface area (Å²) >= 11 is 15.8. The predicted molar refractivity (Wildman–Crippen MR) is 88.1 cm³/mol. The van der Waals surface area contributed by atoms with Crippen LogP contribution in [0, 0.1) is 0 Å². The summed E-state index contributed by atoms with van der Waals surface area (Å²) in [6.07, 6.45) is 0. The minimum absolute atomic E-state index is 0.00789. The maximum absolute atomic E-state index is 6.20. The molecule has 0 saturated heterocycles. The number of hydrogen-bond acceptors (Lipinski definition) is 2. The van der Waals surface area contributed by atoms with Crippen molar-refractivity contribution in [2.45, 2.75) is 6.04 Å².